The van der Waals surface area contributed by atoms with Crippen LogP contribution in [0.15, 0.2) is 0 Å². The van der Waals surface area contributed by atoms with E-state index in [1.54, 1.807) is 0 Å². The van der Waals surface area contributed by atoms with Gasteiger partial charge in [0.25, 0.3) is 0 Å². The van der Waals surface area contributed by atoms with Gasteiger partial charge >= 0.3 is 12.0 Å². The zero-order chi connectivity index (χ0) is 13.8. The van der Waals surface area contributed by atoms with Gasteiger partial charge in [-0.05, 0) is 38.5 Å². The third-order valence-electron chi connectivity index (χ3n) is 4.51. The third-order valence-corrected chi connectivity index (χ3v) is 4.51. The van der Waals surface area contributed by atoms with Crippen LogP contribution in [0.1, 0.15) is 51.9 Å². The molecule has 1 saturated carbocycles. The minimum Gasteiger partial charge on any atom is -0.480 e. The first kappa shape index (κ1) is 14.2. The fourth-order valence-electron chi connectivity index (χ4n) is 3.30. The number of urea groups is 1. The Labute approximate surface area is 114 Å². The van der Waals surface area contributed by atoms with Crippen molar-refractivity contribution in [1.82, 2.24) is 10.2 Å². The summed E-state index contributed by atoms with van der Waals surface area (Å²) in [4.78, 5) is 24.7. The van der Waals surface area contributed by atoms with Crippen LogP contribution >= 0.6 is 0 Å². The molecule has 2 aliphatic rings. The molecule has 2 atom stereocenters. The zero-order valence-corrected chi connectivity index (χ0v) is 11.6. The molecule has 2 fully saturated rings. The number of carbonyl (C=O) groups excluding carboxylic acids is 1. The lowest BCUT2D eigenvalue weighted by molar-refractivity contribution is -0.141. The van der Waals surface area contributed by atoms with Crippen molar-refractivity contribution in [2.75, 3.05) is 6.54 Å². The van der Waals surface area contributed by atoms with Gasteiger partial charge in [0.15, 0.2) is 0 Å². The Kier molecular flexibility index (Phi) is 4.66. The minimum atomic E-state index is -0.891. The molecule has 0 spiro atoms. The van der Waals surface area contributed by atoms with Crippen molar-refractivity contribution in [3.63, 3.8) is 0 Å². The molecule has 1 aliphatic heterocycles. The van der Waals surface area contributed by atoms with Crippen LogP contribution in [-0.2, 0) is 4.79 Å². The normalized spacial score (nSPS) is 26.2. The van der Waals surface area contributed by atoms with Crippen LogP contribution in [0, 0.1) is 5.92 Å². The van der Waals surface area contributed by atoms with Crippen molar-refractivity contribution in [1.29, 1.82) is 0 Å². The Bertz CT molecular complexity index is 340. The highest BCUT2D eigenvalue weighted by molar-refractivity contribution is 5.83. The molecule has 1 saturated heterocycles. The molecule has 108 valence electrons. The number of likely N-dealkylation sites (tertiary alicyclic amines) is 1. The molecule has 19 heavy (non-hydrogen) atoms. The van der Waals surface area contributed by atoms with E-state index in [0.717, 1.165) is 6.42 Å². The van der Waals surface area contributed by atoms with E-state index in [1.807, 2.05) is 6.92 Å². The highest BCUT2D eigenvalue weighted by Gasteiger charge is 2.35. The Morgan fingerprint density at radius 3 is 2.47 bits per heavy atom. The molecule has 0 radical (unpaired) electrons. The van der Waals surface area contributed by atoms with Crippen LogP contribution < -0.4 is 5.32 Å². The molecule has 2 amide bonds. The number of carboxylic acids is 1. The van der Waals surface area contributed by atoms with Crippen molar-refractivity contribution in [2.45, 2.75) is 64.0 Å². The van der Waals surface area contributed by atoms with E-state index in [4.69, 9.17) is 5.11 Å². The van der Waals surface area contributed by atoms with Gasteiger partial charge in [0.2, 0.25) is 0 Å². The first-order chi connectivity index (χ1) is 9.09. The van der Waals surface area contributed by atoms with E-state index in [9.17, 15) is 9.59 Å². The average Bonchev–Trinajstić information content (AvgIpc) is 2.89. The summed E-state index contributed by atoms with van der Waals surface area (Å²) in [5, 5.41) is 12.1. The molecule has 0 bridgehead atoms. The summed E-state index contributed by atoms with van der Waals surface area (Å²) >= 11 is 0. The van der Waals surface area contributed by atoms with Crippen LogP contribution in [0.25, 0.3) is 0 Å². The third kappa shape index (κ3) is 3.39. The van der Waals surface area contributed by atoms with Crippen molar-refractivity contribution in [2.24, 2.45) is 5.92 Å². The standard InChI is InChI=1S/C14H24N2O3/c1-10(11-6-3-2-4-7-11)15-14(19)16-9-5-8-12(16)13(17)18/h10-12H,2-9H2,1H3,(H,15,19)(H,17,18)/t10?,12-/m1/s1. The molecular formula is C14H24N2O3. The van der Waals surface area contributed by atoms with E-state index in [1.165, 1.54) is 37.0 Å². The number of carboxylic acid groups (broad SMARTS) is 1. The largest absolute Gasteiger partial charge is 0.480 e. The van der Waals surface area contributed by atoms with E-state index >= 15 is 0 Å². The van der Waals surface area contributed by atoms with Gasteiger partial charge in [-0.1, -0.05) is 19.3 Å². The number of aliphatic carboxylic acids is 1. The van der Waals surface area contributed by atoms with E-state index in [2.05, 4.69) is 5.32 Å². The Morgan fingerprint density at radius 2 is 1.84 bits per heavy atom. The first-order valence-electron chi connectivity index (χ1n) is 7.39. The van der Waals surface area contributed by atoms with Gasteiger partial charge in [-0.25, -0.2) is 9.59 Å². The van der Waals surface area contributed by atoms with E-state index in [0.29, 0.717) is 18.9 Å². The van der Waals surface area contributed by atoms with Gasteiger partial charge in [0, 0.05) is 12.6 Å². The quantitative estimate of drug-likeness (QED) is 0.824. The monoisotopic (exact) mass is 268 g/mol. The molecule has 1 heterocycles. The van der Waals surface area contributed by atoms with Crippen LogP contribution in [0.3, 0.4) is 0 Å². The maximum Gasteiger partial charge on any atom is 0.326 e. The zero-order valence-electron chi connectivity index (χ0n) is 11.6. The molecule has 1 aliphatic carbocycles. The average molecular weight is 268 g/mol. The summed E-state index contributed by atoms with van der Waals surface area (Å²) in [6, 6.07) is -0.704. The van der Waals surface area contributed by atoms with Gasteiger partial charge in [-0.3, -0.25) is 0 Å². The van der Waals surface area contributed by atoms with Gasteiger partial charge in [-0.2, -0.15) is 0 Å². The first-order valence-corrected chi connectivity index (χ1v) is 7.39. The van der Waals surface area contributed by atoms with Crippen molar-refractivity contribution >= 4 is 12.0 Å². The van der Waals surface area contributed by atoms with Gasteiger partial charge in [0.1, 0.15) is 6.04 Å². The Hall–Kier alpha value is -1.26. The minimum absolute atomic E-state index is 0.142. The Morgan fingerprint density at radius 1 is 1.16 bits per heavy atom. The summed E-state index contributed by atoms with van der Waals surface area (Å²) in [6.45, 7) is 2.60. The second-order valence-electron chi connectivity index (χ2n) is 5.83. The van der Waals surface area contributed by atoms with Gasteiger partial charge in [0.05, 0.1) is 0 Å². The SMILES string of the molecule is CC(NC(=O)N1CCC[C@@H]1C(=O)O)C1CCCCC1. The second kappa shape index (κ2) is 6.26. The summed E-state index contributed by atoms with van der Waals surface area (Å²) in [7, 11) is 0. The van der Waals surface area contributed by atoms with E-state index in [-0.39, 0.29) is 12.1 Å². The molecule has 0 aromatic heterocycles. The fourth-order valence-corrected chi connectivity index (χ4v) is 3.30. The number of hydrogen-bond donors (Lipinski definition) is 2. The molecule has 5 heteroatoms. The van der Waals surface area contributed by atoms with Crippen molar-refractivity contribution < 1.29 is 14.7 Å². The molecule has 0 aromatic rings. The molecule has 2 rings (SSSR count). The summed E-state index contributed by atoms with van der Waals surface area (Å²) in [5.41, 5.74) is 0. The van der Waals surface area contributed by atoms with Gasteiger partial charge < -0.3 is 15.3 Å². The summed E-state index contributed by atoms with van der Waals surface area (Å²) in [6.07, 6.45) is 7.47. The number of amides is 2. The predicted octanol–water partition coefficient (Wildman–Crippen LogP) is 2.21. The summed E-state index contributed by atoms with van der Waals surface area (Å²) < 4.78 is 0. The lowest BCUT2D eigenvalue weighted by Crippen LogP contribution is -2.50. The van der Waals surface area contributed by atoms with E-state index < -0.39 is 12.0 Å². The Balaban J connectivity index is 1.87. The fraction of sp³-hybridized carbons (Fsp3) is 0.857. The van der Waals surface area contributed by atoms with Crippen LogP contribution in [-0.4, -0.2) is 40.6 Å². The lowest BCUT2D eigenvalue weighted by atomic mass is 9.84. The van der Waals surface area contributed by atoms with Crippen LogP contribution in [0.5, 0.6) is 0 Å². The predicted molar refractivity (Wildman–Crippen MR) is 71.9 cm³/mol. The second-order valence-corrected chi connectivity index (χ2v) is 5.83. The van der Waals surface area contributed by atoms with Crippen molar-refractivity contribution in [3.05, 3.63) is 0 Å². The molecule has 1 unspecified atom stereocenters. The van der Waals surface area contributed by atoms with Crippen LogP contribution in [0.2, 0.25) is 0 Å². The maximum absolute atomic E-state index is 12.2. The number of carbonyl (C=O) groups is 2. The number of nitrogens with one attached hydrogen (secondary N) is 1. The smallest absolute Gasteiger partial charge is 0.326 e. The highest BCUT2D eigenvalue weighted by atomic mass is 16.4. The number of hydrogen-bond acceptors (Lipinski definition) is 2. The topological polar surface area (TPSA) is 69.6 Å². The number of nitrogens with zero attached hydrogens (tertiary/aromatic N) is 1. The highest BCUT2D eigenvalue weighted by Crippen LogP contribution is 2.26. The number of rotatable bonds is 3. The van der Waals surface area contributed by atoms with Crippen LogP contribution in [0.4, 0.5) is 4.79 Å². The molecule has 0 aromatic carbocycles. The maximum atomic E-state index is 12.2. The summed E-state index contributed by atoms with van der Waals surface area (Å²) in [5.74, 6) is -0.346. The molecule has 5 nitrogen and oxygen atoms in total. The molecular weight excluding hydrogens is 244 g/mol. The van der Waals surface area contributed by atoms with Crippen molar-refractivity contribution in [3.8, 4) is 0 Å². The lowest BCUT2D eigenvalue weighted by Gasteiger charge is -2.30. The molecule has 2 N–H and O–H groups in total. The van der Waals surface area contributed by atoms with Gasteiger partial charge in [-0.15, -0.1) is 0 Å².